The molecular formula is C8H26K5Na8O18P3. The maximum atomic E-state index is 11.4. The Morgan fingerprint density at radius 1 is 0.595 bits per heavy atom. The SMILES string of the molecule is O=C(O)CC(O)(CC(=O)OCC(=O)OP(=O)(O)OP(=O)(O)OP(=O)(O)O)C(=O)O.[KH].[KH].[KH].[KH].[KH].[NaH].[NaH].[NaH].[NaH].[NaH].[NaH].[NaH].[NaH]. The van der Waals surface area contributed by atoms with Crippen LogP contribution in [0.4, 0.5) is 0 Å². The second-order valence-corrected chi connectivity index (χ2v) is 9.14. The minimum atomic E-state index is -5.90. The molecule has 18 nitrogen and oxygen atoms in total. The molecule has 3 atom stereocenters. The molecule has 0 amide bonds. The Morgan fingerprint density at radius 2 is 0.952 bits per heavy atom. The van der Waals surface area contributed by atoms with Gasteiger partial charge in [-0.3, -0.25) is 14.5 Å². The summed E-state index contributed by atoms with van der Waals surface area (Å²) in [7, 11) is -17.4. The van der Waals surface area contributed by atoms with Gasteiger partial charge in [0.15, 0.2) is 12.2 Å². The number of carbonyl (C=O) groups is 4. The van der Waals surface area contributed by atoms with Crippen molar-refractivity contribution >= 4 is 541 Å². The summed E-state index contributed by atoms with van der Waals surface area (Å²) in [5, 5.41) is 26.8. The minimum absolute atomic E-state index is 0. The first kappa shape index (κ1) is 96.3. The molecule has 0 saturated carbocycles. The van der Waals surface area contributed by atoms with E-state index in [2.05, 4.69) is 17.9 Å². The molecule has 0 saturated heterocycles. The monoisotopic (exact) mass is 882 g/mol. The van der Waals surface area contributed by atoms with Crippen LogP contribution in [0.15, 0.2) is 0 Å². The van der Waals surface area contributed by atoms with Gasteiger partial charge in [-0.05, 0) is 0 Å². The van der Waals surface area contributed by atoms with E-state index in [4.69, 9.17) is 29.8 Å². The predicted octanol–water partition coefficient (Wildman–Crippen LogP) is -10.4. The van der Waals surface area contributed by atoms with Gasteiger partial charge in [0.2, 0.25) is 0 Å². The molecule has 3 unspecified atom stereocenters. The van der Waals surface area contributed by atoms with Crippen molar-refractivity contribution in [3.8, 4) is 0 Å². The average Bonchev–Trinajstić information content (AvgIpc) is 2.38. The summed E-state index contributed by atoms with van der Waals surface area (Å²) in [6, 6.07) is 0. The Balaban J connectivity index is -0.0000000503. The van der Waals surface area contributed by atoms with Gasteiger partial charge in [-0.25, -0.2) is 23.3 Å². The second kappa shape index (κ2) is 49.8. The van der Waals surface area contributed by atoms with Gasteiger partial charge in [0.25, 0.3) is 0 Å². The first-order valence-electron chi connectivity index (χ1n) is 6.46. The molecule has 0 heterocycles. The third-order valence-electron chi connectivity index (χ3n) is 2.26. The van der Waals surface area contributed by atoms with E-state index in [9.17, 15) is 38.0 Å². The van der Waals surface area contributed by atoms with Gasteiger partial charge in [-0.2, -0.15) is 8.62 Å². The van der Waals surface area contributed by atoms with Crippen molar-refractivity contribution in [3.05, 3.63) is 0 Å². The van der Waals surface area contributed by atoms with E-state index in [1.54, 1.807) is 0 Å². The molecule has 0 aliphatic carbocycles. The van der Waals surface area contributed by atoms with Gasteiger partial charge in [0, 0.05) is 0 Å². The van der Waals surface area contributed by atoms with Crippen molar-refractivity contribution in [2.24, 2.45) is 0 Å². The summed E-state index contributed by atoms with van der Waals surface area (Å²) in [4.78, 5) is 78.5. The topological polar surface area (TPSA) is 298 Å². The number of phosphoric ester groups is 1. The Bertz CT molecular complexity index is 860. The molecule has 0 aliphatic heterocycles. The molecule has 0 aliphatic rings. The van der Waals surface area contributed by atoms with E-state index < -0.39 is 72.4 Å². The van der Waals surface area contributed by atoms with Crippen LogP contribution in [0.5, 0.6) is 0 Å². The summed E-state index contributed by atoms with van der Waals surface area (Å²) in [6.45, 7) is -1.55. The van der Waals surface area contributed by atoms with Crippen LogP contribution in [-0.4, -0.2) is 564 Å². The van der Waals surface area contributed by atoms with E-state index in [0.29, 0.717) is 0 Å². The van der Waals surface area contributed by atoms with E-state index >= 15 is 0 Å². The van der Waals surface area contributed by atoms with Crippen molar-refractivity contribution in [1.29, 1.82) is 0 Å². The molecule has 0 aromatic heterocycles. The summed E-state index contributed by atoms with van der Waals surface area (Å²) < 4.78 is 47.0. The zero-order chi connectivity index (χ0) is 23.3. The first-order chi connectivity index (χ1) is 12.8. The maximum absolute atomic E-state index is 11.4. The van der Waals surface area contributed by atoms with Crippen molar-refractivity contribution in [2.45, 2.75) is 18.4 Å². The predicted molar refractivity (Wildman–Crippen MR) is 173 cm³/mol. The van der Waals surface area contributed by atoms with Crippen molar-refractivity contribution in [3.63, 3.8) is 0 Å². The van der Waals surface area contributed by atoms with Gasteiger partial charge in [-0.15, -0.1) is 0 Å². The number of hydrogen-bond acceptors (Lipinski definition) is 12. The van der Waals surface area contributed by atoms with E-state index in [-0.39, 0.29) is 493 Å². The summed E-state index contributed by atoms with van der Waals surface area (Å²) in [6.07, 6.45) is -2.88. The molecule has 34 heteroatoms. The van der Waals surface area contributed by atoms with Gasteiger partial charge in [0.05, 0.1) is 12.8 Å². The van der Waals surface area contributed by atoms with Crippen LogP contribution in [0.25, 0.3) is 0 Å². The van der Waals surface area contributed by atoms with Gasteiger partial charge >= 0.3 is 541 Å². The number of rotatable bonds is 12. The molecule has 194 valence electrons. The van der Waals surface area contributed by atoms with Crippen molar-refractivity contribution in [2.75, 3.05) is 6.61 Å². The molecule has 0 radical (unpaired) electrons. The fourth-order valence-electron chi connectivity index (χ4n) is 1.34. The standard InChI is InChI=1S/C8H13O18P3.5K.8Na.13H/c9-4(10)1-8(15,7(13)14)2-5(11)23-3-6(12)24-28(19,20)26-29(21,22)25-27(16,17)18;;;;;;;;;;;;;;;;;;;;;;;;;;/h15H,1-3H2,(H,9,10)(H,13,14)(H,19,20)(H,21,22)(H2,16,17,18);;;;;;;;;;;;;;;;;;;;;;;;;;. The van der Waals surface area contributed by atoms with Crippen LogP contribution in [0.1, 0.15) is 12.8 Å². The molecule has 0 spiro atoms. The quantitative estimate of drug-likeness (QED) is 0.0544. The summed E-state index contributed by atoms with van der Waals surface area (Å²) in [5.74, 6) is -7.53. The summed E-state index contributed by atoms with van der Waals surface area (Å²) in [5.41, 5.74) is -3.11. The fraction of sp³-hybridized carbons (Fsp3) is 0.500. The zero-order valence-electron chi connectivity index (χ0n) is 13.6. The number of phosphoric acid groups is 3. The molecule has 0 aromatic rings. The van der Waals surface area contributed by atoms with Crippen LogP contribution < -0.4 is 0 Å². The summed E-state index contributed by atoms with van der Waals surface area (Å²) >= 11 is 0. The molecule has 42 heavy (non-hydrogen) atoms. The second-order valence-electron chi connectivity index (χ2n) is 4.80. The van der Waals surface area contributed by atoms with Crippen LogP contribution >= 0.6 is 23.5 Å². The Morgan fingerprint density at radius 3 is 1.24 bits per heavy atom. The molecule has 0 aromatic carbocycles. The third-order valence-corrected chi connectivity index (χ3v) is 6.02. The van der Waals surface area contributed by atoms with Crippen LogP contribution in [0, 0.1) is 0 Å². The molecule has 0 bridgehead atoms. The third kappa shape index (κ3) is 56.6. The van der Waals surface area contributed by atoms with Crippen LogP contribution in [-0.2, 0) is 50.8 Å². The van der Waals surface area contributed by atoms with E-state index in [0.717, 1.165) is 0 Å². The van der Waals surface area contributed by atoms with Gasteiger partial charge in [0.1, 0.15) is 0 Å². The number of esters is 1. The molecule has 0 fully saturated rings. The fourth-order valence-corrected chi connectivity index (χ4v) is 4.29. The molecule has 7 N–H and O–H groups in total. The Labute approximate surface area is 631 Å². The number of ether oxygens (including phenoxy) is 1. The van der Waals surface area contributed by atoms with Crippen LogP contribution in [0.2, 0.25) is 0 Å². The normalized spacial score (nSPS) is 12.3. The first-order valence-corrected chi connectivity index (χ1v) is 11.0. The molecule has 0 rings (SSSR count). The van der Waals surface area contributed by atoms with Crippen molar-refractivity contribution in [1.82, 2.24) is 0 Å². The van der Waals surface area contributed by atoms with Gasteiger partial charge in [-0.1, -0.05) is 0 Å². The number of aliphatic carboxylic acids is 2. The van der Waals surface area contributed by atoms with Gasteiger partial charge < -0.3 is 39.3 Å². The Hall–Kier alpha value is 14.5. The molecular weight excluding hydrogens is 856 g/mol. The number of carbonyl (C=O) groups excluding carboxylic acids is 2. The number of aliphatic hydroxyl groups is 1. The van der Waals surface area contributed by atoms with E-state index in [1.807, 2.05) is 0 Å². The van der Waals surface area contributed by atoms with Crippen LogP contribution in [0.3, 0.4) is 0 Å². The zero-order valence-corrected chi connectivity index (χ0v) is 16.3. The Kier molecular flexibility index (Phi) is 114. The number of carboxylic acids is 2. The average molecular weight is 883 g/mol. The number of carboxylic acid groups (broad SMARTS) is 2. The van der Waals surface area contributed by atoms with E-state index in [1.165, 1.54) is 0 Å². The van der Waals surface area contributed by atoms with Crippen molar-refractivity contribution < 1.29 is 85.6 Å². The number of hydrogen-bond donors (Lipinski definition) is 7.